The third-order valence-corrected chi connectivity index (χ3v) is 5.20. The van der Waals surface area contributed by atoms with Crippen molar-refractivity contribution in [2.24, 2.45) is 0 Å². The molecule has 150 valence electrons. The molecule has 1 unspecified atom stereocenters. The molecule has 2 aromatic rings. The summed E-state index contributed by atoms with van der Waals surface area (Å²) in [5.74, 6) is 1.01. The van der Waals surface area contributed by atoms with Gasteiger partial charge in [-0.1, -0.05) is 49.4 Å². The molecule has 5 nitrogen and oxygen atoms in total. The van der Waals surface area contributed by atoms with Crippen LogP contribution in [0.1, 0.15) is 30.9 Å². The van der Waals surface area contributed by atoms with Crippen LogP contribution in [0.15, 0.2) is 54.6 Å². The highest BCUT2D eigenvalue weighted by Gasteiger charge is 2.28. The number of benzene rings is 2. The number of nitrogens with zero attached hydrogens (tertiary/aromatic N) is 2. The fourth-order valence-corrected chi connectivity index (χ4v) is 3.73. The minimum atomic E-state index is 0.00783. The van der Waals surface area contributed by atoms with E-state index in [0.29, 0.717) is 19.6 Å². The molecule has 1 heterocycles. The molecule has 3 rings (SSSR count). The standard InChI is InChI=1S/C23H30N2O3/c1-2-21-18-24(16-20-9-6-10-22(15-20)28-14-13-26)12-11-23(27)25(21)17-19-7-4-3-5-8-19/h3-10,15,21,26H,2,11-14,16-18H2,1H3. The van der Waals surface area contributed by atoms with Crippen LogP contribution in [0.4, 0.5) is 0 Å². The van der Waals surface area contributed by atoms with Crippen molar-refractivity contribution in [2.75, 3.05) is 26.3 Å². The zero-order valence-electron chi connectivity index (χ0n) is 16.6. The van der Waals surface area contributed by atoms with Crippen molar-refractivity contribution < 1.29 is 14.6 Å². The number of carbonyl (C=O) groups excluding carboxylic acids is 1. The molecule has 1 aliphatic heterocycles. The normalized spacial score (nSPS) is 18.1. The van der Waals surface area contributed by atoms with Crippen molar-refractivity contribution in [1.82, 2.24) is 9.80 Å². The van der Waals surface area contributed by atoms with E-state index in [1.807, 2.05) is 36.4 Å². The molecule has 5 heteroatoms. The third kappa shape index (κ3) is 5.57. The summed E-state index contributed by atoms with van der Waals surface area (Å²) in [6.45, 7) is 5.57. The van der Waals surface area contributed by atoms with Gasteiger partial charge in [0.25, 0.3) is 0 Å². The lowest BCUT2D eigenvalue weighted by Gasteiger charge is -2.31. The van der Waals surface area contributed by atoms with Gasteiger partial charge in [-0.05, 0) is 29.7 Å². The Hall–Kier alpha value is -2.37. The number of rotatable bonds is 8. The smallest absolute Gasteiger partial charge is 0.224 e. The van der Waals surface area contributed by atoms with E-state index in [9.17, 15) is 4.79 Å². The highest BCUT2D eigenvalue weighted by molar-refractivity contribution is 5.77. The van der Waals surface area contributed by atoms with Crippen molar-refractivity contribution >= 4 is 5.91 Å². The lowest BCUT2D eigenvalue weighted by Crippen LogP contribution is -2.42. The second-order valence-electron chi connectivity index (χ2n) is 7.27. The zero-order valence-corrected chi connectivity index (χ0v) is 16.6. The van der Waals surface area contributed by atoms with Gasteiger partial charge in [0.15, 0.2) is 0 Å². The van der Waals surface area contributed by atoms with E-state index in [1.54, 1.807) is 0 Å². The molecule has 0 saturated carbocycles. The van der Waals surface area contributed by atoms with E-state index in [-0.39, 0.29) is 18.6 Å². The number of carbonyl (C=O) groups is 1. The molecule has 0 aliphatic carbocycles. The molecule has 1 atom stereocenters. The summed E-state index contributed by atoms with van der Waals surface area (Å²) in [6, 6.07) is 18.4. The van der Waals surface area contributed by atoms with Gasteiger partial charge in [0.1, 0.15) is 12.4 Å². The van der Waals surface area contributed by atoms with Crippen LogP contribution in [-0.4, -0.2) is 53.2 Å². The molecule has 2 aromatic carbocycles. The van der Waals surface area contributed by atoms with Crippen molar-refractivity contribution in [3.63, 3.8) is 0 Å². The largest absolute Gasteiger partial charge is 0.491 e. The monoisotopic (exact) mass is 382 g/mol. The van der Waals surface area contributed by atoms with Crippen LogP contribution < -0.4 is 4.74 Å². The SMILES string of the molecule is CCC1CN(Cc2cccc(OCCO)c2)CCC(=O)N1Cc1ccccc1. The van der Waals surface area contributed by atoms with E-state index in [1.165, 1.54) is 5.56 Å². The quantitative estimate of drug-likeness (QED) is 0.762. The van der Waals surface area contributed by atoms with Gasteiger partial charge < -0.3 is 14.7 Å². The topological polar surface area (TPSA) is 53.0 Å². The average molecular weight is 383 g/mol. The van der Waals surface area contributed by atoms with Gasteiger partial charge in [-0.3, -0.25) is 9.69 Å². The van der Waals surface area contributed by atoms with Crippen molar-refractivity contribution in [1.29, 1.82) is 0 Å². The fourth-order valence-electron chi connectivity index (χ4n) is 3.73. The van der Waals surface area contributed by atoms with Gasteiger partial charge in [-0.25, -0.2) is 0 Å². The highest BCUT2D eigenvalue weighted by atomic mass is 16.5. The Bertz CT molecular complexity index is 751. The van der Waals surface area contributed by atoms with Gasteiger partial charge in [0, 0.05) is 38.6 Å². The van der Waals surface area contributed by atoms with Crippen LogP contribution >= 0.6 is 0 Å². The maximum atomic E-state index is 12.8. The summed E-state index contributed by atoms with van der Waals surface area (Å²) in [6.07, 6.45) is 1.48. The van der Waals surface area contributed by atoms with Gasteiger partial charge in [0.05, 0.1) is 6.61 Å². The summed E-state index contributed by atoms with van der Waals surface area (Å²) in [7, 11) is 0. The predicted octanol–water partition coefficient (Wildman–Crippen LogP) is 3.07. The molecule has 1 N–H and O–H groups in total. The number of aliphatic hydroxyl groups is 1. The Balaban J connectivity index is 1.67. The Morgan fingerprint density at radius 1 is 1.07 bits per heavy atom. The first-order valence-electron chi connectivity index (χ1n) is 10.1. The molecule has 28 heavy (non-hydrogen) atoms. The zero-order chi connectivity index (χ0) is 19.8. The molecule has 1 saturated heterocycles. The van der Waals surface area contributed by atoms with Crippen molar-refractivity contribution in [3.05, 3.63) is 65.7 Å². The lowest BCUT2D eigenvalue weighted by atomic mass is 10.1. The van der Waals surface area contributed by atoms with Crippen LogP contribution in [0.5, 0.6) is 5.75 Å². The van der Waals surface area contributed by atoms with Crippen molar-refractivity contribution in [3.8, 4) is 5.75 Å². The van der Waals surface area contributed by atoms with Crippen LogP contribution in [-0.2, 0) is 17.9 Å². The molecule has 0 bridgehead atoms. The van der Waals surface area contributed by atoms with E-state index in [2.05, 4.69) is 34.9 Å². The molecule has 0 radical (unpaired) electrons. The summed E-state index contributed by atoms with van der Waals surface area (Å²) in [5.41, 5.74) is 2.34. The number of ether oxygens (including phenoxy) is 1. The number of hydrogen-bond donors (Lipinski definition) is 1. The lowest BCUT2D eigenvalue weighted by molar-refractivity contribution is -0.133. The minimum Gasteiger partial charge on any atom is -0.491 e. The van der Waals surface area contributed by atoms with Crippen LogP contribution in [0.25, 0.3) is 0 Å². The second kappa shape index (κ2) is 10.2. The molecular weight excluding hydrogens is 352 g/mol. The minimum absolute atomic E-state index is 0.00783. The molecule has 1 aliphatic rings. The first-order valence-corrected chi connectivity index (χ1v) is 10.1. The Morgan fingerprint density at radius 3 is 2.61 bits per heavy atom. The van der Waals surface area contributed by atoms with Gasteiger partial charge in [-0.2, -0.15) is 0 Å². The Morgan fingerprint density at radius 2 is 1.86 bits per heavy atom. The number of amides is 1. The van der Waals surface area contributed by atoms with Crippen molar-refractivity contribution in [2.45, 2.75) is 38.9 Å². The van der Waals surface area contributed by atoms with Gasteiger partial charge in [-0.15, -0.1) is 0 Å². The first-order chi connectivity index (χ1) is 13.7. The third-order valence-electron chi connectivity index (χ3n) is 5.20. The average Bonchev–Trinajstić information content (AvgIpc) is 2.87. The van der Waals surface area contributed by atoms with E-state index >= 15 is 0 Å². The summed E-state index contributed by atoms with van der Waals surface area (Å²) < 4.78 is 5.52. The first kappa shape index (κ1) is 20.4. The second-order valence-corrected chi connectivity index (χ2v) is 7.27. The van der Waals surface area contributed by atoms with E-state index < -0.39 is 0 Å². The number of hydrogen-bond acceptors (Lipinski definition) is 4. The molecular formula is C23H30N2O3. The molecule has 1 fully saturated rings. The molecule has 1 amide bonds. The summed E-state index contributed by atoms with van der Waals surface area (Å²) in [4.78, 5) is 17.2. The molecule has 0 aromatic heterocycles. The maximum absolute atomic E-state index is 12.8. The van der Waals surface area contributed by atoms with Gasteiger partial charge >= 0.3 is 0 Å². The predicted molar refractivity (Wildman–Crippen MR) is 110 cm³/mol. The van der Waals surface area contributed by atoms with Gasteiger partial charge in [0.2, 0.25) is 5.91 Å². The van der Waals surface area contributed by atoms with Crippen LogP contribution in [0.3, 0.4) is 0 Å². The Kier molecular flexibility index (Phi) is 7.46. The van der Waals surface area contributed by atoms with E-state index in [0.717, 1.165) is 37.4 Å². The van der Waals surface area contributed by atoms with E-state index in [4.69, 9.17) is 9.84 Å². The highest BCUT2D eigenvalue weighted by Crippen LogP contribution is 2.21. The van der Waals surface area contributed by atoms with Crippen LogP contribution in [0, 0.1) is 0 Å². The summed E-state index contributed by atoms with van der Waals surface area (Å²) >= 11 is 0. The van der Waals surface area contributed by atoms with Crippen LogP contribution in [0.2, 0.25) is 0 Å². The number of aliphatic hydroxyl groups excluding tert-OH is 1. The maximum Gasteiger partial charge on any atom is 0.224 e. The Labute approximate surface area is 167 Å². The fraction of sp³-hybridized carbons (Fsp3) is 0.435. The summed E-state index contributed by atoms with van der Waals surface area (Å²) in [5, 5.41) is 8.93. The molecule has 0 spiro atoms.